The van der Waals surface area contributed by atoms with Crippen molar-refractivity contribution in [2.24, 2.45) is 4.99 Å². The first-order valence-electron chi connectivity index (χ1n) is 11.3. The zero-order chi connectivity index (χ0) is 24.3. The summed E-state index contributed by atoms with van der Waals surface area (Å²) in [6, 6.07) is 12.3. The molecule has 3 aromatic rings. The number of pyridine rings is 1. The third-order valence-electron chi connectivity index (χ3n) is 6.61. The van der Waals surface area contributed by atoms with Crippen LogP contribution in [0.3, 0.4) is 0 Å². The maximum Gasteiger partial charge on any atom is 0.433 e. The molecule has 1 aromatic carbocycles. The van der Waals surface area contributed by atoms with E-state index in [4.69, 9.17) is 10.1 Å². The van der Waals surface area contributed by atoms with Crippen LogP contribution < -0.4 is 4.90 Å². The van der Waals surface area contributed by atoms with Crippen LogP contribution in [0.5, 0.6) is 0 Å². The second-order valence-corrected chi connectivity index (χ2v) is 9.92. The number of guanidine groups is 1. The summed E-state index contributed by atoms with van der Waals surface area (Å²) in [4.78, 5) is 26.5. The Bertz CT molecular complexity index is 1320. The van der Waals surface area contributed by atoms with Gasteiger partial charge >= 0.3 is 6.18 Å². The molecule has 1 amide bonds. The molecule has 6 rings (SSSR count). The van der Waals surface area contributed by atoms with Crippen molar-refractivity contribution in [1.82, 2.24) is 19.7 Å². The number of hydrogen-bond acceptors (Lipinski definition) is 6. The van der Waals surface area contributed by atoms with Gasteiger partial charge in [0.25, 0.3) is 5.91 Å². The Hall–Kier alpha value is -3.34. The lowest BCUT2D eigenvalue weighted by Crippen LogP contribution is -2.51. The fraction of sp³-hybridized carbons (Fsp3) is 0.333. The van der Waals surface area contributed by atoms with Crippen molar-refractivity contribution in [1.29, 1.82) is 0 Å². The molecule has 7 nitrogen and oxygen atoms in total. The maximum absolute atomic E-state index is 13.5. The van der Waals surface area contributed by atoms with E-state index in [0.29, 0.717) is 27.9 Å². The Kier molecular flexibility index (Phi) is 5.13. The van der Waals surface area contributed by atoms with Crippen molar-refractivity contribution in [3.05, 3.63) is 65.5 Å². The maximum atomic E-state index is 13.5. The first kappa shape index (κ1) is 22.1. The van der Waals surface area contributed by atoms with Crippen molar-refractivity contribution in [3.8, 4) is 0 Å². The quantitative estimate of drug-likeness (QED) is 0.523. The van der Waals surface area contributed by atoms with Crippen LogP contribution in [0.1, 0.15) is 40.9 Å². The molecule has 3 aliphatic rings. The first-order valence-corrected chi connectivity index (χ1v) is 12.1. The van der Waals surface area contributed by atoms with Crippen LogP contribution in [0.15, 0.2) is 63.6 Å². The number of fused-ring (bicyclic) bond motifs is 5. The van der Waals surface area contributed by atoms with Gasteiger partial charge in [0.05, 0.1) is 18.6 Å². The molecule has 11 heteroatoms. The summed E-state index contributed by atoms with van der Waals surface area (Å²) in [5.41, 5.74) is 0.109. The molecule has 0 N–H and O–H groups in total. The molecule has 0 spiro atoms. The van der Waals surface area contributed by atoms with Gasteiger partial charge in [-0.3, -0.25) is 24.3 Å². The lowest BCUT2D eigenvalue weighted by atomic mass is 10.1. The van der Waals surface area contributed by atoms with Crippen molar-refractivity contribution < 1.29 is 18.0 Å². The highest BCUT2D eigenvalue weighted by Crippen LogP contribution is 2.44. The van der Waals surface area contributed by atoms with Crippen molar-refractivity contribution in [3.63, 3.8) is 0 Å². The molecule has 0 radical (unpaired) electrons. The number of rotatable bonds is 4. The molecule has 2 aromatic heterocycles. The summed E-state index contributed by atoms with van der Waals surface area (Å²) < 4.78 is 40.6. The number of nitrogens with zero attached hydrogens (tertiary/aromatic N) is 6. The predicted octanol–water partition coefficient (Wildman–Crippen LogP) is 4.68. The second-order valence-electron chi connectivity index (χ2n) is 8.85. The summed E-state index contributed by atoms with van der Waals surface area (Å²) in [5, 5.41) is 5.49. The summed E-state index contributed by atoms with van der Waals surface area (Å²) in [7, 11) is 1.73. The van der Waals surface area contributed by atoms with Gasteiger partial charge in [-0.1, -0.05) is 36.0 Å². The molecule has 0 saturated heterocycles. The van der Waals surface area contributed by atoms with Crippen LogP contribution in [0.25, 0.3) is 0 Å². The van der Waals surface area contributed by atoms with Crippen LogP contribution in [-0.4, -0.2) is 50.7 Å². The number of aromatic nitrogens is 3. The summed E-state index contributed by atoms with van der Waals surface area (Å²) >= 11 is 1.41. The number of aliphatic imine (C=N–C) groups is 1. The van der Waals surface area contributed by atoms with Crippen LogP contribution in [0, 0.1) is 0 Å². The van der Waals surface area contributed by atoms with E-state index in [1.807, 2.05) is 30.3 Å². The van der Waals surface area contributed by atoms with Crippen molar-refractivity contribution in [2.75, 3.05) is 11.9 Å². The minimum Gasteiger partial charge on any atom is -0.289 e. The largest absolute Gasteiger partial charge is 0.433 e. The van der Waals surface area contributed by atoms with Gasteiger partial charge in [-0.2, -0.15) is 18.3 Å². The smallest absolute Gasteiger partial charge is 0.289 e. The van der Waals surface area contributed by atoms with Gasteiger partial charge in [-0.15, -0.1) is 0 Å². The number of anilines is 1. The number of carbonyl (C=O) groups is 1. The number of hydrogen-bond donors (Lipinski definition) is 0. The predicted molar refractivity (Wildman–Crippen MR) is 125 cm³/mol. The van der Waals surface area contributed by atoms with E-state index in [2.05, 4.69) is 9.88 Å². The van der Waals surface area contributed by atoms with Gasteiger partial charge in [0.2, 0.25) is 5.96 Å². The van der Waals surface area contributed by atoms with E-state index in [0.717, 1.165) is 30.2 Å². The number of benzene rings is 1. The molecule has 1 saturated carbocycles. The molecule has 1 fully saturated rings. The molecular weight excluding hydrogens is 477 g/mol. The highest BCUT2D eigenvalue weighted by Gasteiger charge is 2.49. The van der Waals surface area contributed by atoms with Gasteiger partial charge < -0.3 is 0 Å². The van der Waals surface area contributed by atoms with Crippen molar-refractivity contribution in [2.45, 2.75) is 54.0 Å². The van der Waals surface area contributed by atoms with Gasteiger partial charge in [0, 0.05) is 18.1 Å². The Morgan fingerprint density at radius 3 is 2.63 bits per heavy atom. The summed E-state index contributed by atoms with van der Waals surface area (Å²) in [6.45, 7) is 0.179. The third-order valence-corrected chi connectivity index (χ3v) is 7.73. The second kappa shape index (κ2) is 8.11. The van der Waals surface area contributed by atoms with Crippen LogP contribution >= 0.6 is 11.8 Å². The number of amides is 1. The van der Waals surface area contributed by atoms with E-state index < -0.39 is 11.9 Å². The third kappa shape index (κ3) is 3.69. The Balaban J connectivity index is 1.45. The summed E-state index contributed by atoms with van der Waals surface area (Å²) in [5.74, 6) is 0.999. The Morgan fingerprint density at radius 1 is 1.11 bits per heavy atom. The highest BCUT2D eigenvalue weighted by molar-refractivity contribution is 7.99. The van der Waals surface area contributed by atoms with Crippen LogP contribution in [0.4, 0.5) is 19.0 Å². The molecule has 2 atom stereocenters. The van der Waals surface area contributed by atoms with E-state index in [9.17, 15) is 18.0 Å². The lowest BCUT2D eigenvalue weighted by molar-refractivity contribution is -0.141. The zero-order valence-electron chi connectivity index (χ0n) is 18.7. The van der Waals surface area contributed by atoms with Crippen molar-refractivity contribution >= 4 is 29.4 Å². The minimum absolute atomic E-state index is 0.140. The normalized spacial score (nSPS) is 21.1. The Labute approximate surface area is 203 Å². The molecular formula is C24H21F3N6OS. The topological polar surface area (TPSA) is 66.6 Å². The molecule has 2 aliphatic heterocycles. The van der Waals surface area contributed by atoms with E-state index in [1.54, 1.807) is 16.6 Å². The lowest BCUT2D eigenvalue weighted by Gasteiger charge is -2.34. The first-order chi connectivity index (χ1) is 16.8. The minimum atomic E-state index is -4.50. The molecule has 4 heterocycles. The van der Waals surface area contributed by atoms with Crippen LogP contribution in [-0.2, 0) is 12.7 Å². The number of carbonyl (C=O) groups excluding carboxylic acids is 1. The number of halogens is 3. The highest BCUT2D eigenvalue weighted by atomic mass is 32.2. The standard InChI is InChI=1S/C24H21F3N6OS/c1-31-21(34)19-20(33-17-9-5-8-16(17)29-23(31)33)30-32(22(19)35-15-6-3-2-4-7-15)13-14-10-11-18(28-12-14)24(25,26)27/h2-4,6-7,10-12,16-17H,5,8-9,13H2,1H3/t16-,17+/m1/s1. The fourth-order valence-corrected chi connectivity index (χ4v) is 5.96. The van der Waals surface area contributed by atoms with E-state index in [1.165, 1.54) is 24.0 Å². The molecule has 0 unspecified atom stereocenters. The van der Waals surface area contributed by atoms with Gasteiger partial charge in [0.1, 0.15) is 16.3 Å². The number of alkyl halides is 3. The van der Waals surface area contributed by atoms with Gasteiger partial charge in [0.15, 0.2) is 5.82 Å². The molecule has 1 aliphatic carbocycles. The summed E-state index contributed by atoms with van der Waals surface area (Å²) in [6.07, 6.45) is -0.275. The molecule has 180 valence electrons. The van der Waals surface area contributed by atoms with E-state index >= 15 is 0 Å². The zero-order valence-corrected chi connectivity index (χ0v) is 19.6. The monoisotopic (exact) mass is 498 g/mol. The average Bonchev–Trinajstić information content (AvgIpc) is 3.52. The molecule has 35 heavy (non-hydrogen) atoms. The van der Waals surface area contributed by atoms with Gasteiger partial charge in [-0.05, 0) is 43.0 Å². The van der Waals surface area contributed by atoms with Crippen LogP contribution in [0.2, 0.25) is 0 Å². The fourth-order valence-electron chi connectivity index (χ4n) is 4.95. The average molecular weight is 499 g/mol. The molecule has 0 bridgehead atoms. The van der Waals surface area contributed by atoms with Gasteiger partial charge in [-0.25, -0.2) is 4.99 Å². The SMILES string of the molecule is CN1C(=O)c2c(nn(Cc3ccc(C(F)(F)F)nc3)c2Sc2ccccc2)N2C1=N[C@@H]1CCC[C@@H]12. The Morgan fingerprint density at radius 2 is 1.91 bits per heavy atom. The van der Waals surface area contributed by atoms with E-state index in [-0.39, 0.29) is 24.5 Å².